The average Bonchev–Trinajstić information content (AvgIpc) is 2.89. The molecule has 1 atom stereocenters. The molecule has 0 spiro atoms. The molecule has 1 heterocycles. The zero-order valence-corrected chi connectivity index (χ0v) is 17.6. The van der Waals surface area contributed by atoms with Crippen LogP contribution in [0.2, 0.25) is 0 Å². The van der Waals surface area contributed by atoms with E-state index in [1.165, 1.54) is 0 Å². The molecule has 6 heteroatoms. The Labute approximate surface area is 169 Å². The molecule has 1 N–H and O–H groups in total. The summed E-state index contributed by atoms with van der Waals surface area (Å²) in [6.07, 6.45) is 2.27. The first-order chi connectivity index (χ1) is 13.4. The third kappa shape index (κ3) is 8.59. The monoisotopic (exact) mass is 392 g/mol. The molecule has 1 aliphatic heterocycles. The summed E-state index contributed by atoms with van der Waals surface area (Å²) in [4.78, 5) is 16.5. The molecule has 1 aromatic carbocycles. The summed E-state index contributed by atoms with van der Waals surface area (Å²) in [5, 5.41) is 9.35. The van der Waals surface area contributed by atoms with E-state index >= 15 is 0 Å². The Morgan fingerprint density at radius 1 is 1.11 bits per heavy atom. The van der Waals surface area contributed by atoms with Crippen molar-refractivity contribution in [2.45, 2.75) is 58.3 Å². The molecule has 6 nitrogen and oxygen atoms in total. The third-order valence-corrected chi connectivity index (χ3v) is 4.79. The molecule has 1 saturated heterocycles. The van der Waals surface area contributed by atoms with E-state index in [0.29, 0.717) is 19.6 Å². The Morgan fingerprint density at radius 3 is 2.54 bits per heavy atom. The summed E-state index contributed by atoms with van der Waals surface area (Å²) in [5.41, 5.74) is 0.685. The van der Waals surface area contributed by atoms with E-state index in [1.54, 1.807) is 0 Å². The van der Waals surface area contributed by atoms with Gasteiger partial charge in [0, 0.05) is 32.8 Å². The SMILES string of the molecule is CC(C)(C)OC(=O)N1CCCN(CC[C@@H](CCO)OCc2ccccc2)CC1. The highest BCUT2D eigenvalue weighted by molar-refractivity contribution is 5.68. The third-order valence-electron chi connectivity index (χ3n) is 4.79. The lowest BCUT2D eigenvalue weighted by Gasteiger charge is -2.27. The van der Waals surface area contributed by atoms with Gasteiger partial charge in [0.15, 0.2) is 0 Å². The van der Waals surface area contributed by atoms with Gasteiger partial charge in [0.05, 0.1) is 12.7 Å². The molecule has 0 aliphatic carbocycles. The van der Waals surface area contributed by atoms with E-state index in [9.17, 15) is 9.90 Å². The Morgan fingerprint density at radius 2 is 1.86 bits per heavy atom. The van der Waals surface area contributed by atoms with Gasteiger partial charge < -0.3 is 24.4 Å². The second-order valence-electron chi connectivity index (χ2n) is 8.38. The molecule has 28 heavy (non-hydrogen) atoms. The lowest BCUT2D eigenvalue weighted by atomic mass is 10.1. The first kappa shape index (κ1) is 22.7. The molecule has 1 amide bonds. The zero-order valence-electron chi connectivity index (χ0n) is 17.6. The first-order valence-corrected chi connectivity index (χ1v) is 10.3. The highest BCUT2D eigenvalue weighted by Gasteiger charge is 2.24. The fourth-order valence-corrected chi connectivity index (χ4v) is 3.27. The number of aliphatic hydroxyl groups is 1. The molecule has 0 radical (unpaired) electrons. The van der Waals surface area contributed by atoms with Crippen LogP contribution in [-0.2, 0) is 16.1 Å². The minimum atomic E-state index is -0.462. The van der Waals surface area contributed by atoms with Gasteiger partial charge in [0.1, 0.15) is 5.60 Å². The molecule has 1 aromatic rings. The van der Waals surface area contributed by atoms with Gasteiger partial charge in [0.25, 0.3) is 0 Å². The molecule has 0 bridgehead atoms. The molecule has 0 saturated carbocycles. The average molecular weight is 393 g/mol. The predicted octanol–water partition coefficient (Wildman–Crippen LogP) is 3.29. The summed E-state index contributed by atoms with van der Waals surface area (Å²) in [7, 11) is 0. The van der Waals surface area contributed by atoms with Crippen LogP contribution in [0.4, 0.5) is 4.79 Å². The quantitative estimate of drug-likeness (QED) is 0.736. The molecule has 0 unspecified atom stereocenters. The van der Waals surface area contributed by atoms with Crippen LogP contribution >= 0.6 is 0 Å². The van der Waals surface area contributed by atoms with Crippen LogP contribution in [0.15, 0.2) is 30.3 Å². The maximum atomic E-state index is 12.3. The molecule has 2 rings (SSSR count). The van der Waals surface area contributed by atoms with Crippen molar-refractivity contribution in [3.8, 4) is 0 Å². The normalized spacial score (nSPS) is 17.2. The van der Waals surface area contributed by atoms with E-state index in [0.717, 1.165) is 44.6 Å². The van der Waals surface area contributed by atoms with Gasteiger partial charge in [-0.3, -0.25) is 0 Å². The van der Waals surface area contributed by atoms with Crippen molar-refractivity contribution in [2.24, 2.45) is 0 Å². The highest BCUT2D eigenvalue weighted by Crippen LogP contribution is 2.14. The number of aliphatic hydroxyl groups excluding tert-OH is 1. The number of nitrogens with zero attached hydrogens (tertiary/aromatic N) is 2. The van der Waals surface area contributed by atoms with Gasteiger partial charge >= 0.3 is 6.09 Å². The van der Waals surface area contributed by atoms with Crippen LogP contribution in [0.25, 0.3) is 0 Å². The smallest absolute Gasteiger partial charge is 0.410 e. The standard InChI is InChI=1S/C22H36N2O4/c1-22(2,3)28-21(26)24-13-7-12-23(15-16-24)14-10-20(11-17-25)27-18-19-8-5-4-6-9-19/h4-6,8-9,20,25H,7,10-18H2,1-3H3/t20-/m0/s1. The van der Waals surface area contributed by atoms with Crippen molar-refractivity contribution < 1.29 is 19.4 Å². The van der Waals surface area contributed by atoms with Crippen LogP contribution in [0.5, 0.6) is 0 Å². The second kappa shape index (κ2) is 11.4. The minimum absolute atomic E-state index is 0.0374. The molecule has 158 valence electrons. The summed E-state index contributed by atoms with van der Waals surface area (Å²) in [6.45, 7) is 10.5. The predicted molar refractivity (Wildman–Crippen MR) is 110 cm³/mol. The maximum Gasteiger partial charge on any atom is 0.410 e. The van der Waals surface area contributed by atoms with E-state index in [2.05, 4.69) is 17.0 Å². The van der Waals surface area contributed by atoms with Crippen LogP contribution in [0.3, 0.4) is 0 Å². The lowest BCUT2D eigenvalue weighted by Crippen LogP contribution is -2.39. The Hall–Kier alpha value is -1.63. The van der Waals surface area contributed by atoms with Crippen LogP contribution in [-0.4, -0.2) is 72.0 Å². The fourth-order valence-electron chi connectivity index (χ4n) is 3.27. The molecule has 1 fully saturated rings. The van der Waals surface area contributed by atoms with Crippen molar-refractivity contribution in [1.29, 1.82) is 0 Å². The van der Waals surface area contributed by atoms with E-state index in [-0.39, 0.29) is 18.8 Å². The number of amides is 1. The van der Waals surface area contributed by atoms with Gasteiger partial charge in [-0.25, -0.2) is 4.79 Å². The maximum absolute atomic E-state index is 12.3. The van der Waals surface area contributed by atoms with Gasteiger partial charge in [-0.15, -0.1) is 0 Å². The number of carbonyl (C=O) groups excluding carboxylic acids is 1. The van der Waals surface area contributed by atoms with E-state index in [4.69, 9.17) is 9.47 Å². The van der Waals surface area contributed by atoms with Gasteiger partial charge in [-0.1, -0.05) is 30.3 Å². The number of ether oxygens (including phenoxy) is 2. The van der Waals surface area contributed by atoms with Gasteiger partial charge in [-0.05, 0) is 52.1 Å². The fraction of sp³-hybridized carbons (Fsp3) is 0.682. The van der Waals surface area contributed by atoms with E-state index < -0.39 is 5.60 Å². The van der Waals surface area contributed by atoms with Crippen LogP contribution in [0.1, 0.15) is 45.6 Å². The highest BCUT2D eigenvalue weighted by atomic mass is 16.6. The van der Waals surface area contributed by atoms with Gasteiger partial charge in [0.2, 0.25) is 0 Å². The Balaban J connectivity index is 1.76. The number of hydrogen-bond donors (Lipinski definition) is 1. The topological polar surface area (TPSA) is 62.2 Å². The van der Waals surface area contributed by atoms with Crippen molar-refractivity contribution in [2.75, 3.05) is 39.3 Å². The second-order valence-corrected chi connectivity index (χ2v) is 8.38. The number of hydrogen-bond acceptors (Lipinski definition) is 5. The molecular formula is C22H36N2O4. The van der Waals surface area contributed by atoms with Crippen LogP contribution < -0.4 is 0 Å². The van der Waals surface area contributed by atoms with Crippen LogP contribution in [0, 0.1) is 0 Å². The van der Waals surface area contributed by atoms with Gasteiger partial charge in [-0.2, -0.15) is 0 Å². The number of carbonyl (C=O) groups is 1. The van der Waals surface area contributed by atoms with Crippen molar-refractivity contribution in [3.63, 3.8) is 0 Å². The Kier molecular flexibility index (Phi) is 9.22. The molecule has 0 aromatic heterocycles. The number of rotatable bonds is 8. The number of benzene rings is 1. The lowest BCUT2D eigenvalue weighted by molar-refractivity contribution is 0.0125. The minimum Gasteiger partial charge on any atom is -0.444 e. The zero-order chi connectivity index (χ0) is 20.4. The van der Waals surface area contributed by atoms with Crippen molar-refractivity contribution in [3.05, 3.63) is 35.9 Å². The molecular weight excluding hydrogens is 356 g/mol. The van der Waals surface area contributed by atoms with Crippen molar-refractivity contribution >= 4 is 6.09 Å². The summed E-state index contributed by atoms with van der Waals surface area (Å²) in [6, 6.07) is 10.1. The Bertz CT molecular complexity index is 574. The summed E-state index contributed by atoms with van der Waals surface area (Å²) < 4.78 is 11.5. The van der Waals surface area contributed by atoms with E-state index in [1.807, 2.05) is 43.9 Å². The largest absolute Gasteiger partial charge is 0.444 e. The molecule has 1 aliphatic rings. The van der Waals surface area contributed by atoms with Crippen molar-refractivity contribution in [1.82, 2.24) is 9.80 Å². The summed E-state index contributed by atoms with van der Waals surface area (Å²) in [5.74, 6) is 0. The summed E-state index contributed by atoms with van der Waals surface area (Å²) >= 11 is 0. The first-order valence-electron chi connectivity index (χ1n) is 10.3.